The van der Waals surface area contributed by atoms with Crippen molar-refractivity contribution in [2.24, 2.45) is 0 Å². The van der Waals surface area contributed by atoms with Gasteiger partial charge in [0.2, 0.25) is 12.1 Å². The number of thiazole rings is 1. The van der Waals surface area contributed by atoms with Crippen LogP contribution in [0.4, 0.5) is 4.79 Å². The van der Waals surface area contributed by atoms with Crippen LogP contribution in [0.1, 0.15) is 12.5 Å². The number of alkyl carbamates (subject to hydrolysis) is 1. The zero-order chi connectivity index (χ0) is 30.5. The fraction of sp³-hybridized carbons (Fsp3) is 0.269. The van der Waals surface area contributed by atoms with Crippen molar-refractivity contribution >= 4 is 102 Å². The Hall–Kier alpha value is -2.68. The van der Waals surface area contributed by atoms with Crippen molar-refractivity contribution in [3.63, 3.8) is 0 Å². The lowest BCUT2D eigenvalue weighted by atomic mass is 9.93. The molecule has 10 nitrogen and oxygen atoms in total. The minimum atomic E-state index is -2.11. The molecule has 16 heteroatoms. The summed E-state index contributed by atoms with van der Waals surface area (Å²) in [6.45, 7) is 5.41. The molecule has 1 aromatic heterocycles. The van der Waals surface area contributed by atoms with Crippen LogP contribution in [0.3, 0.4) is 0 Å². The summed E-state index contributed by atoms with van der Waals surface area (Å²) in [5.41, 5.74) is -0.250. The number of β-lactam (4-membered cyclic amide) rings is 1. The van der Waals surface area contributed by atoms with Gasteiger partial charge in [-0.05, 0) is 41.0 Å². The van der Waals surface area contributed by atoms with Gasteiger partial charge in [-0.15, -0.1) is 22.9 Å². The highest BCUT2D eigenvalue weighted by Crippen LogP contribution is 2.48. The third-order valence-electron chi connectivity index (χ3n) is 5.86. The summed E-state index contributed by atoms with van der Waals surface area (Å²) >= 11 is 18.8. The number of halogens is 3. The van der Waals surface area contributed by atoms with E-state index in [4.69, 9.17) is 44.3 Å². The monoisotopic (exact) mass is 688 g/mol. The van der Waals surface area contributed by atoms with Crippen LogP contribution in [0.15, 0.2) is 71.1 Å². The van der Waals surface area contributed by atoms with Gasteiger partial charge in [-0.2, -0.15) is 0 Å². The van der Waals surface area contributed by atoms with Crippen molar-refractivity contribution in [3.8, 4) is 0 Å². The lowest BCUT2D eigenvalue weighted by Crippen LogP contribution is -2.86. The van der Waals surface area contributed by atoms with Gasteiger partial charge in [0.05, 0.1) is 16.1 Å². The van der Waals surface area contributed by atoms with E-state index >= 15 is 0 Å². The molecule has 2 heterocycles. The van der Waals surface area contributed by atoms with Crippen molar-refractivity contribution in [2.45, 2.75) is 39.5 Å². The summed E-state index contributed by atoms with van der Waals surface area (Å²) in [7, 11) is 2.26. The van der Waals surface area contributed by atoms with Gasteiger partial charge < -0.3 is 19.7 Å². The maximum atomic E-state index is 13.8. The number of hydrogen-bond donors (Lipinski definition) is 2. The number of nitrogens with zero attached hydrogens (tertiary/aromatic N) is 2. The predicted octanol–water partition coefficient (Wildman–Crippen LogP) is 5.43. The Morgan fingerprint density at radius 3 is 2.57 bits per heavy atom. The first-order valence-corrected chi connectivity index (χ1v) is 16.4. The number of benzene rings is 2. The average molecular weight is 690 g/mol. The van der Waals surface area contributed by atoms with E-state index in [1.54, 1.807) is 31.2 Å². The van der Waals surface area contributed by atoms with Crippen LogP contribution in [0.5, 0.6) is 0 Å². The third-order valence-corrected chi connectivity index (χ3v) is 11.0. The first kappa shape index (κ1) is 32.2. The minimum Gasteiger partial charge on any atom is -0.459 e. The van der Waals surface area contributed by atoms with Gasteiger partial charge in [0.1, 0.15) is 12.0 Å². The number of esters is 1. The number of hydrogen-bond acceptors (Lipinski definition) is 10. The molecular formula is C26H23Cl3N4O6S3. The van der Waals surface area contributed by atoms with E-state index in [1.165, 1.54) is 27.0 Å². The molecule has 0 radical (unpaired) electrons. The van der Waals surface area contributed by atoms with Crippen molar-refractivity contribution in [1.82, 2.24) is 20.5 Å². The zero-order valence-electron chi connectivity index (χ0n) is 21.8. The number of aromatic nitrogens is 1. The molecule has 3 atom stereocenters. The number of nitrogens with one attached hydrogen (secondary N) is 2. The molecule has 3 amide bonds. The van der Waals surface area contributed by atoms with E-state index in [9.17, 15) is 19.2 Å². The second-order valence-corrected chi connectivity index (χ2v) is 14.1. The number of para-hydroxylation sites is 1. The molecular weight excluding hydrogens is 667 g/mol. The second kappa shape index (κ2) is 13.7. The van der Waals surface area contributed by atoms with Crippen LogP contribution in [-0.4, -0.2) is 61.7 Å². The summed E-state index contributed by atoms with van der Waals surface area (Å²) in [4.78, 5) is 57.4. The minimum absolute atomic E-state index is 0.0436. The molecule has 1 aliphatic heterocycles. The average Bonchev–Trinajstić information content (AvgIpc) is 3.38. The number of carbonyl (C=O) groups is 4. The highest BCUT2D eigenvalue weighted by atomic mass is 35.5. The molecule has 2 unspecified atom stereocenters. The fourth-order valence-electron chi connectivity index (χ4n) is 3.99. The Kier molecular flexibility index (Phi) is 10.5. The van der Waals surface area contributed by atoms with Crippen molar-refractivity contribution in [2.75, 3.05) is 5.88 Å². The van der Waals surface area contributed by atoms with Gasteiger partial charge in [-0.1, -0.05) is 83.0 Å². The van der Waals surface area contributed by atoms with Crippen LogP contribution in [-0.2, 0) is 30.5 Å². The Labute approximate surface area is 267 Å². The standard InChI is InChI=1S/C26H23Cl3N4O6S3/c1-15(2)19(20(35)38-12-16-8-4-3-5-9-16)33-21(36)26(30-14-34,32-23(37)39-25(28,29)13-27)22(33)41-42-24-31-17-10-6-7-11-18(17)40-24/h3-11,14,19,22H,1,12-13H2,2H3,(H,30,34)(H,32,37)/t19?,22?,26-/m1/s1. The number of likely N-dealkylation sites (tertiary alicyclic amines) is 1. The van der Waals surface area contributed by atoms with E-state index in [-0.39, 0.29) is 13.0 Å². The van der Waals surface area contributed by atoms with E-state index in [1.807, 2.05) is 30.3 Å². The van der Waals surface area contributed by atoms with Crippen LogP contribution >= 0.6 is 67.7 Å². The number of ether oxygens (including phenoxy) is 2. The van der Waals surface area contributed by atoms with E-state index < -0.39 is 45.4 Å². The number of rotatable bonds is 13. The molecule has 42 heavy (non-hydrogen) atoms. The van der Waals surface area contributed by atoms with Gasteiger partial charge in [-0.3, -0.25) is 14.9 Å². The quantitative estimate of drug-likeness (QED) is 0.0460. The van der Waals surface area contributed by atoms with Crippen molar-refractivity contribution < 1.29 is 28.7 Å². The lowest BCUT2D eigenvalue weighted by molar-refractivity contribution is -0.172. The molecule has 222 valence electrons. The van der Waals surface area contributed by atoms with E-state index in [0.29, 0.717) is 9.91 Å². The summed E-state index contributed by atoms with van der Waals surface area (Å²) in [6, 6.07) is 15.3. The van der Waals surface area contributed by atoms with Gasteiger partial charge in [0, 0.05) is 0 Å². The van der Waals surface area contributed by atoms with Crippen molar-refractivity contribution in [3.05, 3.63) is 72.3 Å². The molecule has 1 saturated heterocycles. The maximum Gasteiger partial charge on any atom is 0.412 e. The van der Waals surface area contributed by atoms with Crippen LogP contribution < -0.4 is 10.6 Å². The van der Waals surface area contributed by atoms with Crippen LogP contribution in [0.25, 0.3) is 10.2 Å². The number of amides is 3. The zero-order valence-corrected chi connectivity index (χ0v) is 26.5. The molecule has 2 aromatic carbocycles. The lowest BCUT2D eigenvalue weighted by Gasteiger charge is -2.56. The highest BCUT2D eigenvalue weighted by Gasteiger charge is 2.66. The summed E-state index contributed by atoms with van der Waals surface area (Å²) in [6.07, 6.45) is -0.998. The van der Waals surface area contributed by atoms with Gasteiger partial charge in [0.15, 0.2) is 10.4 Å². The number of fused-ring (bicyclic) bond motifs is 1. The highest BCUT2D eigenvalue weighted by molar-refractivity contribution is 8.77. The smallest absolute Gasteiger partial charge is 0.412 e. The molecule has 0 bridgehead atoms. The number of carbonyl (C=O) groups excluding carboxylic acids is 4. The molecule has 0 saturated carbocycles. The molecule has 0 spiro atoms. The largest absolute Gasteiger partial charge is 0.459 e. The van der Waals surface area contributed by atoms with E-state index in [0.717, 1.165) is 26.6 Å². The first-order chi connectivity index (χ1) is 20.0. The Bertz CT molecular complexity index is 1460. The molecule has 1 fully saturated rings. The normalized spacial score (nSPS) is 19.0. The molecule has 4 rings (SSSR count). The summed E-state index contributed by atoms with van der Waals surface area (Å²) in [5.74, 6) is -2.06. The van der Waals surface area contributed by atoms with E-state index in [2.05, 4.69) is 22.2 Å². The molecule has 3 aromatic rings. The Morgan fingerprint density at radius 1 is 1.24 bits per heavy atom. The van der Waals surface area contributed by atoms with Gasteiger partial charge >= 0.3 is 12.1 Å². The molecule has 0 aliphatic carbocycles. The SMILES string of the molecule is C=C(C)C(C(=O)OCc1ccccc1)N1C(=O)[C@@](NC=O)(NC(=O)OC(Cl)(Cl)CCl)C1SSc1nc2ccccc2s1. The van der Waals surface area contributed by atoms with Gasteiger partial charge in [-0.25, -0.2) is 14.6 Å². The van der Waals surface area contributed by atoms with Crippen LogP contribution in [0.2, 0.25) is 0 Å². The van der Waals surface area contributed by atoms with Gasteiger partial charge in [0.25, 0.3) is 10.4 Å². The molecule has 2 N–H and O–H groups in total. The third kappa shape index (κ3) is 7.09. The second-order valence-electron chi connectivity index (χ2n) is 8.89. The Balaban J connectivity index is 1.64. The van der Waals surface area contributed by atoms with Crippen molar-refractivity contribution in [1.29, 1.82) is 0 Å². The maximum absolute atomic E-state index is 13.8. The topological polar surface area (TPSA) is 127 Å². The number of alkyl halides is 3. The van der Waals surface area contributed by atoms with Crippen LogP contribution in [0, 0.1) is 0 Å². The predicted molar refractivity (Wildman–Crippen MR) is 165 cm³/mol. The summed E-state index contributed by atoms with van der Waals surface area (Å²) in [5, 5.41) is 3.65. The fourth-order valence-corrected chi connectivity index (χ4v) is 8.28. The summed E-state index contributed by atoms with van der Waals surface area (Å²) < 4.78 is 9.91. The first-order valence-electron chi connectivity index (χ1n) is 12.0. The Morgan fingerprint density at radius 2 is 1.93 bits per heavy atom. The molecule has 1 aliphatic rings.